The van der Waals surface area contributed by atoms with E-state index in [-0.39, 0.29) is 64.2 Å². The maximum absolute atomic E-state index is 12.8. The van der Waals surface area contributed by atoms with Gasteiger partial charge in [0.25, 0.3) is 11.8 Å². The van der Waals surface area contributed by atoms with Crippen LogP contribution in [-0.2, 0) is 27.2 Å². The summed E-state index contributed by atoms with van der Waals surface area (Å²) < 4.78 is 37.5. The Morgan fingerprint density at radius 1 is 0.895 bits per heavy atom. The molecule has 2 aromatic heterocycles. The molecule has 2 saturated heterocycles. The number of imidazole rings is 1. The summed E-state index contributed by atoms with van der Waals surface area (Å²) >= 11 is 0. The van der Waals surface area contributed by atoms with Gasteiger partial charge in [-0.25, -0.2) is 4.98 Å². The summed E-state index contributed by atoms with van der Waals surface area (Å²) in [5.41, 5.74) is 8.61. The Kier molecular flexibility index (Phi) is 13.1. The predicted molar refractivity (Wildman–Crippen MR) is 221 cm³/mol. The number of benzene rings is 1. The number of anilines is 2. The SMILES string of the molecule is CC(C)C(=O)Nc1nc(N)c2ncn([C@@H]3O[C@@H]4CO[Si](C(C)C)(C(C)C)O[Si](C(C)C)(C(C)C)OC4C3OCCCCCCN3C(=O)c4ccccc4C3=O)c2n1. The number of carbonyl (C=O) groups is 3. The minimum absolute atomic E-state index is 0.0758. The van der Waals surface area contributed by atoms with Gasteiger partial charge in [-0.05, 0) is 47.1 Å². The molecule has 6 rings (SSSR count). The number of imide groups is 1. The van der Waals surface area contributed by atoms with Crippen LogP contribution >= 0.6 is 0 Å². The van der Waals surface area contributed by atoms with Crippen molar-refractivity contribution in [2.24, 2.45) is 5.92 Å². The molecule has 312 valence electrons. The van der Waals surface area contributed by atoms with Crippen molar-refractivity contribution >= 4 is 57.8 Å². The van der Waals surface area contributed by atoms with E-state index in [2.05, 4.69) is 70.7 Å². The molecule has 2 unspecified atom stereocenters. The maximum atomic E-state index is 12.8. The number of hydrogen-bond donors (Lipinski definition) is 2. The van der Waals surface area contributed by atoms with Gasteiger partial charge >= 0.3 is 17.1 Å². The van der Waals surface area contributed by atoms with Crippen molar-refractivity contribution in [2.75, 3.05) is 30.8 Å². The number of amides is 3. The number of aromatic nitrogens is 4. The van der Waals surface area contributed by atoms with E-state index in [9.17, 15) is 14.4 Å². The van der Waals surface area contributed by atoms with Gasteiger partial charge in [0.1, 0.15) is 23.8 Å². The molecule has 1 aromatic carbocycles. The number of hydrogen-bond acceptors (Lipinski definition) is 12. The van der Waals surface area contributed by atoms with Gasteiger partial charge in [0.05, 0.1) is 24.1 Å². The molecule has 0 saturated carbocycles. The lowest BCUT2D eigenvalue weighted by Gasteiger charge is -2.51. The summed E-state index contributed by atoms with van der Waals surface area (Å²) in [6.45, 7) is 22.1. The van der Waals surface area contributed by atoms with Gasteiger partial charge in [-0.2, -0.15) is 9.97 Å². The predicted octanol–water partition coefficient (Wildman–Crippen LogP) is 7.10. The monoisotopic (exact) mass is 823 g/mol. The van der Waals surface area contributed by atoms with Crippen molar-refractivity contribution in [3.8, 4) is 0 Å². The summed E-state index contributed by atoms with van der Waals surface area (Å²) in [6, 6.07) is 6.96. The van der Waals surface area contributed by atoms with Crippen LogP contribution in [0.2, 0.25) is 22.2 Å². The summed E-state index contributed by atoms with van der Waals surface area (Å²) in [5.74, 6) is -0.785. The zero-order chi connectivity index (χ0) is 41.4. The van der Waals surface area contributed by atoms with Crippen LogP contribution in [0.15, 0.2) is 30.6 Å². The summed E-state index contributed by atoms with van der Waals surface area (Å²) in [6.07, 6.45) is 2.31. The summed E-state index contributed by atoms with van der Waals surface area (Å²) in [4.78, 5) is 53.3. The van der Waals surface area contributed by atoms with Crippen LogP contribution in [0, 0.1) is 5.92 Å². The smallest absolute Gasteiger partial charge is 0.335 e. The third-order valence-corrected chi connectivity index (χ3v) is 21.8. The molecule has 17 heteroatoms. The number of unbranched alkanes of at least 4 members (excludes halogenated alkanes) is 3. The molecule has 3 amide bonds. The number of ether oxygens (including phenoxy) is 2. The highest BCUT2D eigenvalue weighted by atomic mass is 28.5. The number of rotatable bonds is 15. The highest BCUT2D eigenvalue weighted by Gasteiger charge is 2.62. The molecule has 2 fully saturated rings. The lowest BCUT2D eigenvalue weighted by atomic mass is 10.1. The molecule has 3 aliphatic heterocycles. The van der Waals surface area contributed by atoms with E-state index in [4.69, 9.17) is 33.2 Å². The Bertz CT molecular complexity index is 1890. The van der Waals surface area contributed by atoms with Crippen molar-refractivity contribution in [3.63, 3.8) is 0 Å². The molecule has 3 aliphatic rings. The van der Waals surface area contributed by atoms with Gasteiger partial charge in [-0.3, -0.25) is 29.2 Å². The first-order chi connectivity index (χ1) is 27.0. The molecule has 4 atom stereocenters. The normalized spacial score (nSPS) is 23.2. The van der Waals surface area contributed by atoms with Gasteiger partial charge in [0.15, 0.2) is 17.7 Å². The Labute approximate surface area is 338 Å². The number of carbonyl (C=O) groups excluding carboxylic acids is 3. The highest BCUT2D eigenvalue weighted by molar-refractivity contribution is 6.84. The molecule has 0 spiro atoms. The Morgan fingerprint density at radius 3 is 2.11 bits per heavy atom. The van der Waals surface area contributed by atoms with Gasteiger partial charge in [0, 0.05) is 19.1 Å². The largest absolute Gasteiger partial charge is 0.414 e. The molecule has 0 aliphatic carbocycles. The lowest BCUT2D eigenvalue weighted by molar-refractivity contribution is -0.118. The summed E-state index contributed by atoms with van der Waals surface area (Å²) in [7, 11) is -5.88. The highest BCUT2D eigenvalue weighted by Crippen LogP contribution is 2.49. The fraction of sp³-hybridized carbons (Fsp3) is 0.650. The standard InChI is InChI=1S/C40H61N7O8Si2/c1-23(2)36(48)45-40-43-34(41)31-35(44-40)47(22-42-31)39-33(51-20-16-12-11-15-19-46-37(49)28-17-13-14-18-29(28)38(46)50)32-30(53-39)21-52-56(24(3)4,25(5)6)55-57(54-32,26(7)8)27(9)10/h13-14,17-18,22-27,30,32-33,39H,11-12,15-16,19-21H2,1-10H3,(H3,41,43,44,45,48)/t30-,32?,33?,39-/m1/s1. The second kappa shape index (κ2) is 17.3. The quantitative estimate of drug-likeness (QED) is 0.0903. The number of nitrogens with two attached hydrogens (primary N) is 1. The van der Waals surface area contributed by atoms with E-state index in [1.54, 1.807) is 49.0 Å². The Morgan fingerprint density at radius 2 is 1.51 bits per heavy atom. The average Bonchev–Trinajstić information content (AvgIpc) is 3.79. The first-order valence-corrected chi connectivity index (χ1v) is 24.5. The van der Waals surface area contributed by atoms with Gasteiger partial charge in [-0.15, -0.1) is 0 Å². The maximum Gasteiger partial charge on any atom is 0.335 e. The van der Waals surface area contributed by atoms with Crippen molar-refractivity contribution in [1.29, 1.82) is 0 Å². The second-order valence-corrected chi connectivity index (χ2v) is 25.9. The molecule has 3 aromatic rings. The minimum atomic E-state index is -3.04. The van der Waals surface area contributed by atoms with Gasteiger partial charge in [0.2, 0.25) is 11.9 Å². The molecule has 57 heavy (non-hydrogen) atoms. The number of nitrogen functional groups attached to an aromatic ring is 1. The van der Waals surface area contributed by atoms with Crippen molar-refractivity contribution in [3.05, 3.63) is 41.7 Å². The fourth-order valence-corrected chi connectivity index (χ4v) is 19.6. The summed E-state index contributed by atoms with van der Waals surface area (Å²) in [5, 5.41) is 2.77. The lowest BCUT2D eigenvalue weighted by Crippen LogP contribution is -2.66. The van der Waals surface area contributed by atoms with E-state index >= 15 is 0 Å². The molecule has 5 heterocycles. The van der Waals surface area contributed by atoms with Crippen molar-refractivity contribution in [1.82, 2.24) is 24.4 Å². The van der Waals surface area contributed by atoms with Crippen molar-refractivity contribution < 1.29 is 36.8 Å². The van der Waals surface area contributed by atoms with E-state index < -0.39 is 41.7 Å². The van der Waals surface area contributed by atoms with Crippen LogP contribution in [0.5, 0.6) is 0 Å². The number of nitrogens with zero attached hydrogens (tertiary/aromatic N) is 5. The topological polar surface area (TPSA) is 182 Å². The first-order valence-electron chi connectivity index (χ1n) is 20.6. The molecule has 3 N–H and O–H groups in total. The first kappa shape index (κ1) is 43.0. The molecular formula is C40H61N7O8Si2. The average molecular weight is 824 g/mol. The second-order valence-electron chi connectivity index (χ2n) is 17.1. The third-order valence-electron chi connectivity index (χ3n) is 11.6. The van der Waals surface area contributed by atoms with Gasteiger partial charge in [-0.1, -0.05) is 94.2 Å². The molecule has 0 bridgehead atoms. The van der Waals surface area contributed by atoms with Crippen LogP contribution < -0.4 is 11.1 Å². The van der Waals surface area contributed by atoms with Crippen LogP contribution in [0.4, 0.5) is 11.8 Å². The van der Waals surface area contributed by atoms with Gasteiger partial charge < -0.3 is 28.2 Å². The van der Waals surface area contributed by atoms with E-state index in [0.717, 1.165) is 19.3 Å². The van der Waals surface area contributed by atoms with Crippen LogP contribution in [0.3, 0.4) is 0 Å². The number of fused-ring (bicyclic) bond motifs is 3. The fourth-order valence-electron chi connectivity index (χ4n) is 8.35. The molecular weight excluding hydrogens is 763 g/mol. The van der Waals surface area contributed by atoms with E-state index in [1.165, 1.54) is 4.90 Å². The van der Waals surface area contributed by atoms with E-state index in [1.807, 2.05) is 0 Å². The van der Waals surface area contributed by atoms with Crippen LogP contribution in [-0.4, -0.2) is 97.3 Å². The van der Waals surface area contributed by atoms with Crippen LogP contribution in [0.1, 0.15) is 122 Å². The molecule has 15 nitrogen and oxygen atoms in total. The number of nitrogens with one attached hydrogen (secondary N) is 1. The van der Waals surface area contributed by atoms with Crippen LogP contribution in [0.25, 0.3) is 11.2 Å². The third kappa shape index (κ3) is 8.21. The Balaban J connectivity index is 1.26. The minimum Gasteiger partial charge on any atom is -0.414 e. The zero-order valence-corrected chi connectivity index (χ0v) is 37.1. The van der Waals surface area contributed by atoms with Crippen molar-refractivity contribution in [2.45, 2.75) is 142 Å². The van der Waals surface area contributed by atoms with E-state index in [0.29, 0.717) is 41.9 Å². The zero-order valence-electron chi connectivity index (χ0n) is 35.1. The molecule has 0 radical (unpaired) electrons. The Hall–Kier alpha value is -3.59.